The molecule has 1 aliphatic rings. The Labute approximate surface area is 157 Å². The van der Waals surface area contributed by atoms with Gasteiger partial charge in [-0.25, -0.2) is 4.79 Å². The zero-order valence-electron chi connectivity index (χ0n) is 15.2. The molecule has 7 nitrogen and oxygen atoms in total. The van der Waals surface area contributed by atoms with Crippen molar-refractivity contribution in [1.29, 1.82) is 0 Å². The molecule has 7 heteroatoms. The molecule has 0 bridgehead atoms. The quantitative estimate of drug-likeness (QED) is 0.786. The van der Waals surface area contributed by atoms with E-state index in [0.29, 0.717) is 36.1 Å². The highest BCUT2D eigenvalue weighted by Crippen LogP contribution is 2.40. The van der Waals surface area contributed by atoms with Crippen LogP contribution in [0.5, 0.6) is 17.2 Å². The molecule has 27 heavy (non-hydrogen) atoms. The highest BCUT2D eigenvalue weighted by Gasteiger charge is 2.22. The molecule has 2 aromatic rings. The average molecular weight is 371 g/mol. The number of rotatable bonds is 6. The molecular weight excluding hydrogens is 350 g/mol. The van der Waals surface area contributed by atoms with Gasteiger partial charge in [0.25, 0.3) is 5.91 Å². The average Bonchev–Trinajstić information content (AvgIpc) is 2.71. The molecule has 0 spiro atoms. The summed E-state index contributed by atoms with van der Waals surface area (Å²) in [6.45, 7) is 2.40. The number of carbonyl (C=O) groups excluding carboxylic acids is 2. The molecule has 0 fully saturated rings. The Kier molecular flexibility index (Phi) is 5.80. The van der Waals surface area contributed by atoms with Crippen LogP contribution in [0.2, 0.25) is 0 Å². The molecular formula is C20H21NO6. The van der Waals surface area contributed by atoms with Crippen LogP contribution in [-0.4, -0.2) is 38.8 Å². The third-order valence-corrected chi connectivity index (χ3v) is 4.07. The number of nitrogens with one attached hydrogen (secondary N) is 1. The summed E-state index contributed by atoms with van der Waals surface area (Å²) in [6.07, 6.45) is 0.785. The van der Waals surface area contributed by atoms with E-state index >= 15 is 0 Å². The van der Waals surface area contributed by atoms with Gasteiger partial charge in [0.15, 0.2) is 18.1 Å². The first-order valence-electron chi connectivity index (χ1n) is 8.65. The lowest BCUT2D eigenvalue weighted by Gasteiger charge is -2.21. The van der Waals surface area contributed by atoms with Crippen LogP contribution in [0.4, 0.5) is 5.69 Å². The van der Waals surface area contributed by atoms with Crippen molar-refractivity contribution in [3.05, 3.63) is 47.5 Å². The number of benzene rings is 2. The van der Waals surface area contributed by atoms with Crippen LogP contribution in [0, 0.1) is 0 Å². The molecule has 0 saturated heterocycles. The van der Waals surface area contributed by atoms with Gasteiger partial charge in [-0.1, -0.05) is 25.1 Å². The molecule has 142 valence electrons. The molecule has 1 amide bonds. The number of anilines is 1. The Morgan fingerprint density at radius 3 is 2.70 bits per heavy atom. The number of hydrogen-bond acceptors (Lipinski definition) is 6. The van der Waals surface area contributed by atoms with E-state index in [2.05, 4.69) is 5.32 Å². The predicted molar refractivity (Wildman–Crippen MR) is 98.7 cm³/mol. The van der Waals surface area contributed by atoms with Crippen molar-refractivity contribution in [2.24, 2.45) is 0 Å². The number of fused-ring (bicyclic) bond motifs is 1. The Morgan fingerprint density at radius 1 is 1.15 bits per heavy atom. The molecule has 0 aromatic heterocycles. The van der Waals surface area contributed by atoms with Crippen molar-refractivity contribution >= 4 is 17.6 Å². The zero-order valence-corrected chi connectivity index (χ0v) is 15.2. The third kappa shape index (κ3) is 4.31. The third-order valence-electron chi connectivity index (χ3n) is 4.07. The van der Waals surface area contributed by atoms with Gasteiger partial charge in [-0.05, 0) is 30.2 Å². The summed E-state index contributed by atoms with van der Waals surface area (Å²) in [4.78, 5) is 24.4. The fourth-order valence-corrected chi connectivity index (χ4v) is 2.74. The molecule has 3 rings (SSSR count). The van der Waals surface area contributed by atoms with Gasteiger partial charge in [-0.3, -0.25) is 4.79 Å². The summed E-state index contributed by atoms with van der Waals surface area (Å²) in [7, 11) is 1.47. The van der Waals surface area contributed by atoms with Gasteiger partial charge in [0.05, 0.1) is 12.7 Å². The fourth-order valence-electron chi connectivity index (χ4n) is 2.74. The topological polar surface area (TPSA) is 83.1 Å². The van der Waals surface area contributed by atoms with E-state index < -0.39 is 18.5 Å². The van der Waals surface area contributed by atoms with Gasteiger partial charge < -0.3 is 24.3 Å². The number of aryl methyl sites for hydroxylation is 1. The second-order valence-electron chi connectivity index (χ2n) is 5.84. The van der Waals surface area contributed by atoms with Crippen LogP contribution in [-0.2, 0) is 16.0 Å². The summed E-state index contributed by atoms with van der Waals surface area (Å²) < 4.78 is 21.4. The van der Waals surface area contributed by atoms with Crippen LogP contribution in [0.25, 0.3) is 0 Å². The molecule has 0 unspecified atom stereocenters. The number of methoxy groups -OCH3 is 1. The first-order chi connectivity index (χ1) is 13.1. The van der Waals surface area contributed by atoms with Crippen molar-refractivity contribution in [1.82, 2.24) is 0 Å². The maximum Gasteiger partial charge on any atom is 0.338 e. The molecule has 0 atom stereocenters. The molecule has 1 aliphatic heterocycles. The van der Waals surface area contributed by atoms with Crippen molar-refractivity contribution < 1.29 is 28.5 Å². The summed E-state index contributed by atoms with van der Waals surface area (Å²) in [5.41, 5.74) is 1.94. The Bertz CT molecular complexity index is 831. The number of esters is 1. The monoisotopic (exact) mass is 371 g/mol. The minimum Gasteiger partial charge on any atom is -0.493 e. The maximum absolute atomic E-state index is 12.3. The lowest BCUT2D eigenvalue weighted by molar-refractivity contribution is -0.119. The van der Waals surface area contributed by atoms with E-state index in [0.717, 1.165) is 12.0 Å². The minimum atomic E-state index is -0.649. The Morgan fingerprint density at radius 2 is 1.93 bits per heavy atom. The van der Waals surface area contributed by atoms with Gasteiger partial charge >= 0.3 is 5.97 Å². The van der Waals surface area contributed by atoms with E-state index in [9.17, 15) is 9.59 Å². The number of hydrogen-bond donors (Lipinski definition) is 1. The molecule has 0 radical (unpaired) electrons. The first-order valence-corrected chi connectivity index (χ1v) is 8.65. The van der Waals surface area contributed by atoms with Crippen molar-refractivity contribution in [3.8, 4) is 17.2 Å². The first kappa shape index (κ1) is 18.6. The lowest BCUT2D eigenvalue weighted by atomic mass is 10.1. The predicted octanol–water partition coefficient (Wildman–Crippen LogP) is 2.82. The number of amides is 1. The largest absolute Gasteiger partial charge is 0.493 e. The van der Waals surface area contributed by atoms with Crippen LogP contribution in [0.15, 0.2) is 36.4 Å². The van der Waals surface area contributed by atoms with Crippen LogP contribution < -0.4 is 19.5 Å². The number of ether oxygens (including phenoxy) is 4. The normalized spacial score (nSPS) is 12.2. The number of carbonyl (C=O) groups is 2. The zero-order chi connectivity index (χ0) is 19.2. The standard InChI is InChI=1S/C20H21NO6/c1-3-13-6-4-5-7-15(13)21-18(22)12-27-20(23)14-10-16(24-2)19-17(11-14)25-8-9-26-19/h4-7,10-11H,3,8-9,12H2,1-2H3,(H,21,22). The van der Waals surface area contributed by atoms with Crippen molar-refractivity contribution in [3.63, 3.8) is 0 Å². The summed E-state index contributed by atoms with van der Waals surface area (Å²) in [5.74, 6) is 0.182. The summed E-state index contributed by atoms with van der Waals surface area (Å²) >= 11 is 0. The van der Waals surface area contributed by atoms with Gasteiger partial charge in [-0.2, -0.15) is 0 Å². The molecule has 0 aliphatic carbocycles. The lowest BCUT2D eigenvalue weighted by Crippen LogP contribution is -2.22. The van der Waals surface area contributed by atoms with Crippen molar-refractivity contribution in [2.75, 3.05) is 32.2 Å². The van der Waals surface area contributed by atoms with Crippen LogP contribution in [0.3, 0.4) is 0 Å². The maximum atomic E-state index is 12.3. The molecule has 1 heterocycles. The summed E-state index contributed by atoms with van der Waals surface area (Å²) in [6, 6.07) is 10.5. The van der Waals surface area contributed by atoms with E-state index in [-0.39, 0.29) is 5.56 Å². The van der Waals surface area contributed by atoms with E-state index in [1.165, 1.54) is 19.2 Å². The van der Waals surface area contributed by atoms with Gasteiger partial charge in [-0.15, -0.1) is 0 Å². The molecule has 1 N–H and O–H groups in total. The smallest absolute Gasteiger partial charge is 0.338 e. The van der Waals surface area contributed by atoms with E-state index in [4.69, 9.17) is 18.9 Å². The SMILES string of the molecule is CCc1ccccc1NC(=O)COC(=O)c1cc(OC)c2c(c1)OCCO2. The van der Waals surface area contributed by atoms with Gasteiger partial charge in [0, 0.05) is 5.69 Å². The van der Waals surface area contributed by atoms with Crippen molar-refractivity contribution in [2.45, 2.75) is 13.3 Å². The second kappa shape index (κ2) is 8.44. The van der Waals surface area contributed by atoms with E-state index in [1.54, 1.807) is 0 Å². The highest BCUT2D eigenvalue weighted by molar-refractivity contribution is 5.96. The summed E-state index contributed by atoms with van der Waals surface area (Å²) in [5, 5.41) is 2.76. The number of para-hydroxylation sites is 1. The molecule has 2 aromatic carbocycles. The molecule has 0 saturated carbocycles. The van der Waals surface area contributed by atoms with E-state index in [1.807, 2.05) is 31.2 Å². The highest BCUT2D eigenvalue weighted by atomic mass is 16.6. The van der Waals surface area contributed by atoms with Gasteiger partial charge in [0.2, 0.25) is 5.75 Å². The van der Waals surface area contributed by atoms with Gasteiger partial charge in [0.1, 0.15) is 13.2 Å². The van der Waals surface area contributed by atoms with Crippen LogP contribution in [0.1, 0.15) is 22.8 Å². The Hall–Kier alpha value is -3.22. The van der Waals surface area contributed by atoms with Crippen LogP contribution >= 0.6 is 0 Å². The Balaban J connectivity index is 1.64. The second-order valence-corrected chi connectivity index (χ2v) is 5.84. The fraction of sp³-hybridized carbons (Fsp3) is 0.300. The minimum absolute atomic E-state index is 0.220.